The normalized spacial score (nSPS) is 17.5. The molecule has 1 fully saturated rings. The molecule has 0 aliphatic carbocycles. The summed E-state index contributed by atoms with van der Waals surface area (Å²) in [6.07, 6.45) is -0.769. The third-order valence-corrected chi connectivity index (χ3v) is 4.89. The van der Waals surface area contributed by atoms with Gasteiger partial charge in [-0.05, 0) is 56.3 Å². The summed E-state index contributed by atoms with van der Waals surface area (Å²) in [6, 6.07) is 8.42. The van der Waals surface area contributed by atoms with Gasteiger partial charge in [-0.3, -0.25) is 9.69 Å². The molecule has 1 aliphatic heterocycles. The Morgan fingerprint density at radius 2 is 2.11 bits per heavy atom. The topological polar surface area (TPSA) is 57.3 Å². The van der Waals surface area contributed by atoms with Crippen LogP contribution in [0.2, 0.25) is 0 Å². The molecule has 2 aromatic rings. The number of halogens is 3. The third kappa shape index (κ3) is 5.01. The van der Waals surface area contributed by atoms with E-state index in [0.29, 0.717) is 24.0 Å². The monoisotopic (exact) mass is 392 g/mol. The Morgan fingerprint density at radius 3 is 2.79 bits per heavy atom. The summed E-state index contributed by atoms with van der Waals surface area (Å²) in [6.45, 7) is 4.74. The number of carbonyl (C=O) groups excluding carboxylic acids is 1. The van der Waals surface area contributed by atoms with Gasteiger partial charge >= 0.3 is 6.18 Å². The van der Waals surface area contributed by atoms with Gasteiger partial charge in [0.1, 0.15) is 5.82 Å². The number of hydrogen-bond donors (Lipinski definition) is 2. The Labute approximate surface area is 162 Å². The molecule has 0 saturated carbocycles. The van der Waals surface area contributed by atoms with Crippen LogP contribution in [0.15, 0.2) is 42.6 Å². The van der Waals surface area contributed by atoms with E-state index in [-0.39, 0.29) is 11.6 Å². The number of anilines is 2. The number of likely N-dealkylation sites (N-methyl/N-ethyl adjacent to an activating group) is 1. The fourth-order valence-corrected chi connectivity index (χ4v) is 3.38. The maximum absolute atomic E-state index is 12.8. The number of rotatable bonds is 6. The minimum atomic E-state index is -4.40. The van der Waals surface area contributed by atoms with E-state index < -0.39 is 11.7 Å². The molecule has 8 heteroatoms. The Kier molecular flexibility index (Phi) is 6.18. The van der Waals surface area contributed by atoms with Crippen LogP contribution >= 0.6 is 0 Å². The number of hydrogen-bond acceptors (Lipinski definition) is 4. The van der Waals surface area contributed by atoms with Crippen molar-refractivity contribution in [1.82, 2.24) is 15.2 Å². The lowest BCUT2D eigenvalue weighted by atomic mass is 10.2. The van der Waals surface area contributed by atoms with Gasteiger partial charge in [0, 0.05) is 24.5 Å². The van der Waals surface area contributed by atoms with E-state index in [9.17, 15) is 18.0 Å². The minimum absolute atomic E-state index is 0.207. The van der Waals surface area contributed by atoms with Crippen LogP contribution in [0, 0.1) is 0 Å². The van der Waals surface area contributed by atoms with Crippen molar-refractivity contribution in [2.24, 2.45) is 0 Å². The largest absolute Gasteiger partial charge is 0.416 e. The Balaban J connectivity index is 1.58. The predicted octanol–water partition coefficient (Wildman–Crippen LogP) is 4.06. The van der Waals surface area contributed by atoms with Crippen LogP contribution < -0.4 is 10.6 Å². The highest BCUT2D eigenvalue weighted by Gasteiger charge is 2.30. The fourth-order valence-electron chi connectivity index (χ4n) is 3.38. The zero-order valence-electron chi connectivity index (χ0n) is 15.6. The van der Waals surface area contributed by atoms with Crippen molar-refractivity contribution in [2.45, 2.75) is 32.0 Å². The summed E-state index contributed by atoms with van der Waals surface area (Å²) in [4.78, 5) is 18.8. The Bertz CT molecular complexity index is 808. The number of amides is 1. The van der Waals surface area contributed by atoms with Crippen LogP contribution in [0.25, 0.3) is 0 Å². The van der Waals surface area contributed by atoms with Gasteiger partial charge in [0.05, 0.1) is 11.1 Å². The quantitative estimate of drug-likeness (QED) is 0.779. The molecular formula is C20H23F3N4O. The highest BCUT2D eigenvalue weighted by molar-refractivity contribution is 5.94. The van der Waals surface area contributed by atoms with Gasteiger partial charge in [-0.1, -0.05) is 13.0 Å². The second-order valence-electron chi connectivity index (χ2n) is 6.77. The van der Waals surface area contributed by atoms with E-state index in [1.54, 1.807) is 12.1 Å². The Morgan fingerprint density at radius 1 is 1.29 bits per heavy atom. The number of aromatic nitrogens is 1. The van der Waals surface area contributed by atoms with Crippen molar-refractivity contribution in [2.75, 3.05) is 25.0 Å². The van der Waals surface area contributed by atoms with Crippen molar-refractivity contribution >= 4 is 17.4 Å². The number of alkyl halides is 3. The lowest BCUT2D eigenvalue weighted by Crippen LogP contribution is -2.40. The zero-order chi connectivity index (χ0) is 20.1. The summed E-state index contributed by atoms with van der Waals surface area (Å²) >= 11 is 0. The van der Waals surface area contributed by atoms with E-state index in [1.165, 1.54) is 18.3 Å². The molecule has 150 valence electrons. The SMILES string of the molecule is CCN1CCCC1CNC(=O)c1ccc(Nc2cccc(C(F)(F)F)c2)nc1. The number of pyridine rings is 1. The van der Waals surface area contributed by atoms with E-state index in [2.05, 4.69) is 27.4 Å². The molecule has 1 saturated heterocycles. The molecule has 1 unspecified atom stereocenters. The molecule has 0 bridgehead atoms. The van der Waals surface area contributed by atoms with Gasteiger partial charge in [-0.2, -0.15) is 13.2 Å². The summed E-state index contributed by atoms with van der Waals surface area (Å²) in [5.74, 6) is 0.157. The Hall–Kier alpha value is -2.61. The van der Waals surface area contributed by atoms with Crippen LogP contribution in [0.3, 0.4) is 0 Å². The summed E-state index contributed by atoms with van der Waals surface area (Å²) in [5, 5.41) is 5.76. The second-order valence-corrected chi connectivity index (χ2v) is 6.77. The molecule has 1 aromatic carbocycles. The standard InChI is InChI=1S/C20H23F3N4O/c1-2-27-10-4-7-17(27)13-25-19(28)14-8-9-18(24-12-14)26-16-6-3-5-15(11-16)20(21,22)23/h3,5-6,8-9,11-12,17H,2,4,7,10,13H2,1H3,(H,24,26)(H,25,28). The van der Waals surface area contributed by atoms with Gasteiger partial charge in [0.25, 0.3) is 5.91 Å². The lowest BCUT2D eigenvalue weighted by Gasteiger charge is -2.22. The number of carbonyl (C=O) groups is 1. The fraction of sp³-hybridized carbons (Fsp3) is 0.400. The maximum Gasteiger partial charge on any atom is 0.416 e. The number of nitrogens with zero attached hydrogens (tertiary/aromatic N) is 2. The molecule has 1 aliphatic rings. The summed E-state index contributed by atoms with van der Waals surface area (Å²) < 4.78 is 38.4. The molecule has 1 aromatic heterocycles. The van der Waals surface area contributed by atoms with Gasteiger partial charge < -0.3 is 10.6 Å². The average molecular weight is 392 g/mol. The number of benzene rings is 1. The average Bonchev–Trinajstić information content (AvgIpc) is 3.14. The molecule has 1 amide bonds. The van der Waals surface area contributed by atoms with E-state index in [1.807, 2.05) is 0 Å². The lowest BCUT2D eigenvalue weighted by molar-refractivity contribution is -0.137. The molecule has 28 heavy (non-hydrogen) atoms. The first kappa shape index (κ1) is 20.1. The van der Waals surface area contributed by atoms with Crippen LogP contribution in [-0.2, 0) is 6.18 Å². The van der Waals surface area contributed by atoms with Crippen molar-refractivity contribution in [3.63, 3.8) is 0 Å². The molecule has 3 rings (SSSR count). The van der Waals surface area contributed by atoms with Crippen molar-refractivity contribution in [1.29, 1.82) is 0 Å². The van der Waals surface area contributed by atoms with E-state index >= 15 is 0 Å². The number of nitrogens with one attached hydrogen (secondary N) is 2. The molecule has 1 atom stereocenters. The summed E-state index contributed by atoms with van der Waals surface area (Å²) in [5.41, 5.74) is -0.0439. The molecule has 2 heterocycles. The van der Waals surface area contributed by atoms with Crippen molar-refractivity contribution in [3.8, 4) is 0 Å². The highest BCUT2D eigenvalue weighted by atomic mass is 19.4. The maximum atomic E-state index is 12.8. The van der Waals surface area contributed by atoms with Crippen LogP contribution in [0.5, 0.6) is 0 Å². The van der Waals surface area contributed by atoms with Gasteiger partial charge in [0.2, 0.25) is 0 Å². The predicted molar refractivity (Wildman–Crippen MR) is 102 cm³/mol. The van der Waals surface area contributed by atoms with Crippen LogP contribution in [-0.4, -0.2) is 41.5 Å². The van der Waals surface area contributed by atoms with Crippen LogP contribution in [0.1, 0.15) is 35.7 Å². The number of likely N-dealkylation sites (tertiary alicyclic amines) is 1. The first-order valence-electron chi connectivity index (χ1n) is 9.29. The molecule has 5 nitrogen and oxygen atoms in total. The third-order valence-electron chi connectivity index (χ3n) is 4.89. The highest BCUT2D eigenvalue weighted by Crippen LogP contribution is 2.31. The minimum Gasteiger partial charge on any atom is -0.350 e. The molecule has 2 N–H and O–H groups in total. The van der Waals surface area contributed by atoms with E-state index in [4.69, 9.17) is 0 Å². The van der Waals surface area contributed by atoms with E-state index in [0.717, 1.165) is 38.1 Å². The first-order valence-corrected chi connectivity index (χ1v) is 9.29. The first-order chi connectivity index (χ1) is 13.4. The van der Waals surface area contributed by atoms with Gasteiger partial charge in [0.15, 0.2) is 0 Å². The summed E-state index contributed by atoms with van der Waals surface area (Å²) in [7, 11) is 0. The zero-order valence-corrected chi connectivity index (χ0v) is 15.6. The van der Waals surface area contributed by atoms with Crippen LogP contribution in [0.4, 0.5) is 24.7 Å². The molecular weight excluding hydrogens is 369 g/mol. The molecule has 0 radical (unpaired) electrons. The second kappa shape index (κ2) is 8.60. The van der Waals surface area contributed by atoms with Gasteiger partial charge in [-0.25, -0.2) is 4.98 Å². The van der Waals surface area contributed by atoms with Crippen molar-refractivity contribution in [3.05, 3.63) is 53.7 Å². The van der Waals surface area contributed by atoms with Crippen molar-refractivity contribution < 1.29 is 18.0 Å². The smallest absolute Gasteiger partial charge is 0.350 e. The molecule has 0 spiro atoms. The van der Waals surface area contributed by atoms with Gasteiger partial charge in [-0.15, -0.1) is 0 Å².